The first-order valence-electron chi connectivity index (χ1n) is 7.71. The number of nitrogens with zero attached hydrogens (tertiary/aromatic N) is 2. The number of anilines is 1. The lowest BCUT2D eigenvalue weighted by molar-refractivity contribution is -0.122. The molecule has 0 unspecified atom stereocenters. The highest BCUT2D eigenvalue weighted by atomic mass is 32.2. The van der Waals surface area contributed by atoms with Crippen LogP contribution in [0.25, 0.3) is 0 Å². The van der Waals surface area contributed by atoms with Crippen molar-refractivity contribution in [3.8, 4) is 0 Å². The minimum absolute atomic E-state index is 0.0553. The number of carbonyl (C=O) groups is 2. The predicted octanol–water partition coefficient (Wildman–Crippen LogP) is 3.11. The zero-order valence-electron chi connectivity index (χ0n) is 14.3. The highest BCUT2D eigenvalue weighted by Crippen LogP contribution is 2.28. The lowest BCUT2D eigenvalue weighted by Gasteiger charge is -2.11. The number of amides is 2. The van der Waals surface area contributed by atoms with E-state index in [0.29, 0.717) is 0 Å². The third kappa shape index (κ3) is 6.33. The molecule has 1 aromatic heterocycles. The first kappa shape index (κ1) is 19.7. The first-order chi connectivity index (χ1) is 12.0. The van der Waals surface area contributed by atoms with E-state index >= 15 is 0 Å². The highest BCUT2D eigenvalue weighted by Gasteiger charge is 2.11. The Morgan fingerprint density at radius 1 is 1.08 bits per heavy atom. The van der Waals surface area contributed by atoms with Gasteiger partial charge in [-0.2, -0.15) is 0 Å². The quantitative estimate of drug-likeness (QED) is 0.667. The number of nitrogens with one attached hydrogen (secondary N) is 2. The van der Waals surface area contributed by atoms with Crippen LogP contribution in [-0.4, -0.2) is 40.1 Å². The van der Waals surface area contributed by atoms with Gasteiger partial charge in [0.05, 0.1) is 12.3 Å². The number of hydrogen-bond donors (Lipinski definition) is 2. The molecule has 0 fully saturated rings. The molecule has 0 radical (unpaired) electrons. The minimum Gasteiger partial charge on any atom is -0.346 e. The van der Waals surface area contributed by atoms with E-state index in [1.165, 1.54) is 23.1 Å². The molecule has 2 rings (SSSR count). The number of carbonyl (C=O) groups excluding carboxylic acids is 2. The zero-order chi connectivity index (χ0) is 18.2. The van der Waals surface area contributed by atoms with Crippen molar-refractivity contribution in [1.82, 2.24) is 15.5 Å². The van der Waals surface area contributed by atoms with E-state index < -0.39 is 0 Å². The van der Waals surface area contributed by atoms with Crippen molar-refractivity contribution in [3.05, 3.63) is 29.3 Å². The van der Waals surface area contributed by atoms with Gasteiger partial charge in [0.1, 0.15) is 0 Å². The molecule has 1 aromatic carbocycles. The molecule has 6 nitrogen and oxygen atoms in total. The van der Waals surface area contributed by atoms with Crippen LogP contribution in [0, 0.1) is 13.8 Å². The number of rotatable bonds is 8. The van der Waals surface area contributed by atoms with Gasteiger partial charge in [-0.25, -0.2) is 0 Å². The molecule has 0 aliphatic carbocycles. The lowest BCUT2D eigenvalue weighted by atomic mass is 10.1. The van der Waals surface area contributed by atoms with Crippen LogP contribution in [0.1, 0.15) is 18.1 Å². The molecule has 1 heterocycles. The number of para-hydroxylation sites is 1. The fraction of sp³-hybridized carbons (Fsp3) is 0.375. The van der Waals surface area contributed by atoms with Crippen LogP contribution in [0.4, 0.5) is 5.69 Å². The molecule has 0 spiro atoms. The molecule has 9 heteroatoms. The summed E-state index contributed by atoms with van der Waals surface area (Å²) in [5.41, 5.74) is 2.78. The molecule has 0 aliphatic rings. The number of aryl methyl sites for hydroxylation is 2. The van der Waals surface area contributed by atoms with Crippen molar-refractivity contribution < 1.29 is 9.59 Å². The van der Waals surface area contributed by atoms with Crippen LogP contribution >= 0.6 is 34.9 Å². The standard InChI is InChI=1S/C16H20N4O2S3/c1-4-23-15-19-20-16(25-15)24-9-13(22)17-8-12(21)18-14-10(2)6-5-7-11(14)3/h5-7H,4,8-9H2,1-3H3,(H,17,22)(H,18,21). The monoisotopic (exact) mass is 396 g/mol. The molecular formula is C16H20N4O2S3. The highest BCUT2D eigenvalue weighted by molar-refractivity contribution is 8.03. The van der Waals surface area contributed by atoms with E-state index in [1.807, 2.05) is 32.0 Å². The summed E-state index contributed by atoms with van der Waals surface area (Å²) in [6.07, 6.45) is 0. The van der Waals surface area contributed by atoms with Gasteiger partial charge in [-0.3, -0.25) is 9.59 Å². The van der Waals surface area contributed by atoms with Gasteiger partial charge in [0.25, 0.3) is 0 Å². The maximum atomic E-state index is 12.0. The van der Waals surface area contributed by atoms with Crippen LogP contribution in [0.5, 0.6) is 0 Å². The van der Waals surface area contributed by atoms with E-state index in [-0.39, 0.29) is 24.1 Å². The average molecular weight is 397 g/mol. The van der Waals surface area contributed by atoms with Gasteiger partial charge in [-0.15, -0.1) is 10.2 Å². The van der Waals surface area contributed by atoms with Gasteiger partial charge in [-0.1, -0.05) is 60.0 Å². The molecule has 0 bridgehead atoms. The molecule has 25 heavy (non-hydrogen) atoms. The second-order valence-electron chi connectivity index (χ2n) is 5.15. The number of hydrogen-bond acceptors (Lipinski definition) is 7. The predicted molar refractivity (Wildman–Crippen MR) is 105 cm³/mol. The number of benzene rings is 1. The summed E-state index contributed by atoms with van der Waals surface area (Å²) in [5, 5.41) is 13.5. The van der Waals surface area contributed by atoms with E-state index in [1.54, 1.807) is 11.8 Å². The van der Waals surface area contributed by atoms with Gasteiger partial charge >= 0.3 is 0 Å². The molecule has 0 saturated heterocycles. The van der Waals surface area contributed by atoms with Crippen LogP contribution < -0.4 is 10.6 Å². The van der Waals surface area contributed by atoms with Gasteiger partial charge in [0.2, 0.25) is 11.8 Å². The van der Waals surface area contributed by atoms with E-state index in [0.717, 1.165) is 31.2 Å². The van der Waals surface area contributed by atoms with E-state index in [9.17, 15) is 9.59 Å². The summed E-state index contributed by atoms with van der Waals surface area (Å²) in [6, 6.07) is 5.81. The summed E-state index contributed by atoms with van der Waals surface area (Å²) in [5.74, 6) is 0.701. The van der Waals surface area contributed by atoms with Crippen molar-refractivity contribution >= 4 is 52.4 Å². The van der Waals surface area contributed by atoms with Gasteiger partial charge in [0.15, 0.2) is 8.68 Å². The Bertz CT molecular complexity index is 728. The molecule has 2 aromatic rings. The Morgan fingerprint density at radius 2 is 1.72 bits per heavy atom. The van der Waals surface area contributed by atoms with Crippen LogP contribution in [0.3, 0.4) is 0 Å². The molecule has 2 amide bonds. The molecular weight excluding hydrogens is 376 g/mol. The fourth-order valence-corrected chi connectivity index (χ4v) is 4.74. The van der Waals surface area contributed by atoms with E-state index in [2.05, 4.69) is 27.8 Å². The van der Waals surface area contributed by atoms with Crippen molar-refractivity contribution in [2.45, 2.75) is 29.5 Å². The second kappa shape index (κ2) is 9.79. The van der Waals surface area contributed by atoms with Crippen molar-refractivity contribution in [3.63, 3.8) is 0 Å². The topological polar surface area (TPSA) is 84.0 Å². The van der Waals surface area contributed by atoms with Gasteiger partial charge < -0.3 is 10.6 Å². The Kier molecular flexibility index (Phi) is 7.73. The number of thioether (sulfide) groups is 2. The summed E-state index contributed by atoms with van der Waals surface area (Å²) in [7, 11) is 0. The van der Waals surface area contributed by atoms with Crippen molar-refractivity contribution in [2.24, 2.45) is 0 Å². The molecule has 2 N–H and O–H groups in total. The van der Waals surface area contributed by atoms with Gasteiger partial charge in [0, 0.05) is 5.69 Å². The smallest absolute Gasteiger partial charge is 0.243 e. The largest absolute Gasteiger partial charge is 0.346 e. The SMILES string of the molecule is CCSc1nnc(SCC(=O)NCC(=O)Nc2c(C)cccc2C)s1. The second-order valence-corrected chi connectivity index (χ2v) is 8.86. The fourth-order valence-electron chi connectivity index (χ4n) is 1.99. The Morgan fingerprint density at radius 3 is 2.36 bits per heavy atom. The average Bonchev–Trinajstić information content (AvgIpc) is 3.02. The summed E-state index contributed by atoms with van der Waals surface area (Å²) >= 11 is 4.42. The minimum atomic E-state index is -0.242. The lowest BCUT2D eigenvalue weighted by Crippen LogP contribution is -2.34. The zero-order valence-corrected chi connectivity index (χ0v) is 16.7. The molecule has 0 atom stereocenters. The number of aromatic nitrogens is 2. The van der Waals surface area contributed by atoms with Crippen LogP contribution in [0.2, 0.25) is 0 Å². The maximum Gasteiger partial charge on any atom is 0.243 e. The normalized spacial score (nSPS) is 10.5. The first-order valence-corrected chi connectivity index (χ1v) is 10.5. The van der Waals surface area contributed by atoms with Gasteiger partial charge in [-0.05, 0) is 30.7 Å². The Balaban J connectivity index is 1.74. The molecule has 134 valence electrons. The summed E-state index contributed by atoms with van der Waals surface area (Å²) in [4.78, 5) is 23.9. The van der Waals surface area contributed by atoms with Crippen LogP contribution in [-0.2, 0) is 9.59 Å². The summed E-state index contributed by atoms with van der Waals surface area (Å²) in [6.45, 7) is 5.87. The van der Waals surface area contributed by atoms with E-state index in [4.69, 9.17) is 0 Å². The van der Waals surface area contributed by atoms with Crippen molar-refractivity contribution in [2.75, 3.05) is 23.4 Å². The van der Waals surface area contributed by atoms with Crippen LogP contribution in [0.15, 0.2) is 26.9 Å². The van der Waals surface area contributed by atoms with Crippen molar-refractivity contribution in [1.29, 1.82) is 0 Å². The molecule has 0 aliphatic heterocycles. The maximum absolute atomic E-state index is 12.0. The third-order valence-corrected chi connectivity index (χ3v) is 6.25. The summed E-state index contributed by atoms with van der Waals surface area (Å²) < 4.78 is 1.66. The Labute approximate surface area is 159 Å². The molecule has 0 saturated carbocycles. The Hall–Kier alpha value is -1.58. The third-order valence-electron chi connectivity index (χ3n) is 3.17.